The number of anilines is 1. The molecule has 0 fully saturated rings. The maximum atomic E-state index is 12.4. The smallest absolute Gasteiger partial charge is 0.241 e. The lowest BCUT2D eigenvalue weighted by atomic mass is 10.1. The molecule has 0 saturated heterocycles. The van der Waals surface area contributed by atoms with Crippen molar-refractivity contribution in [1.29, 1.82) is 0 Å². The van der Waals surface area contributed by atoms with Crippen molar-refractivity contribution >= 4 is 22.4 Å². The summed E-state index contributed by atoms with van der Waals surface area (Å²) in [6.07, 6.45) is 0. The Balaban J connectivity index is 1.66. The van der Waals surface area contributed by atoms with E-state index in [2.05, 4.69) is 40.5 Å². The van der Waals surface area contributed by atoms with Crippen LogP contribution >= 0.6 is 0 Å². The Morgan fingerprint density at radius 1 is 0.958 bits per heavy atom. The molecule has 0 saturated carbocycles. The summed E-state index contributed by atoms with van der Waals surface area (Å²) in [4.78, 5) is 14.5. The number of nitrogens with one attached hydrogen (secondary N) is 1. The second kappa shape index (κ2) is 7.28. The van der Waals surface area contributed by atoms with Crippen LogP contribution in [0.15, 0.2) is 72.8 Å². The topological polar surface area (TPSA) is 32.3 Å². The Morgan fingerprint density at radius 2 is 1.62 bits per heavy atom. The molecule has 3 aromatic rings. The third-order valence-corrected chi connectivity index (χ3v) is 4.33. The SMILES string of the molecule is C[C@H](C(=O)Nc1ccccc1)N(C)Cc1ccc2ccccc2c1. The molecule has 3 rings (SSSR count). The highest BCUT2D eigenvalue weighted by atomic mass is 16.2. The Hall–Kier alpha value is -2.65. The fourth-order valence-electron chi connectivity index (χ4n) is 2.73. The molecule has 0 aliphatic rings. The standard InChI is InChI=1S/C21H22N2O/c1-16(21(24)22-20-10-4-3-5-11-20)23(2)15-17-12-13-18-8-6-7-9-19(18)14-17/h3-14,16H,15H2,1-2H3,(H,22,24)/t16-/m1/s1. The minimum absolute atomic E-state index is 0.00416. The maximum absolute atomic E-state index is 12.4. The van der Waals surface area contributed by atoms with Crippen LogP contribution in [0.5, 0.6) is 0 Å². The van der Waals surface area contributed by atoms with Crippen LogP contribution in [0.3, 0.4) is 0 Å². The van der Waals surface area contributed by atoms with Gasteiger partial charge in [-0.15, -0.1) is 0 Å². The summed E-state index contributed by atoms with van der Waals surface area (Å²) in [5.74, 6) is 0.00416. The Labute approximate surface area is 142 Å². The monoisotopic (exact) mass is 318 g/mol. The zero-order valence-corrected chi connectivity index (χ0v) is 14.1. The van der Waals surface area contributed by atoms with Gasteiger partial charge in [-0.2, -0.15) is 0 Å². The van der Waals surface area contributed by atoms with E-state index in [1.54, 1.807) is 0 Å². The summed E-state index contributed by atoms with van der Waals surface area (Å²) >= 11 is 0. The molecule has 0 aliphatic carbocycles. The molecule has 0 radical (unpaired) electrons. The first-order chi connectivity index (χ1) is 11.6. The van der Waals surface area contributed by atoms with E-state index in [0.717, 1.165) is 12.2 Å². The van der Waals surface area contributed by atoms with Gasteiger partial charge in [0.2, 0.25) is 5.91 Å². The second-order valence-corrected chi connectivity index (χ2v) is 6.13. The second-order valence-electron chi connectivity index (χ2n) is 6.13. The zero-order chi connectivity index (χ0) is 16.9. The summed E-state index contributed by atoms with van der Waals surface area (Å²) in [5.41, 5.74) is 2.03. The average molecular weight is 318 g/mol. The summed E-state index contributed by atoms with van der Waals surface area (Å²) in [6, 6.07) is 24.1. The number of carbonyl (C=O) groups excluding carboxylic acids is 1. The summed E-state index contributed by atoms with van der Waals surface area (Å²) < 4.78 is 0. The van der Waals surface area contributed by atoms with Crippen LogP contribution in [0.1, 0.15) is 12.5 Å². The van der Waals surface area contributed by atoms with E-state index in [1.807, 2.05) is 56.4 Å². The van der Waals surface area contributed by atoms with Gasteiger partial charge in [0.25, 0.3) is 0 Å². The molecule has 0 aliphatic heterocycles. The van der Waals surface area contributed by atoms with E-state index < -0.39 is 0 Å². The van der Waals surface area contributed by atoms with E-state index in [4.69, 9.17) is 0 Å². The predicted molar refractivity (Wildman–Crippen MR) is 99.9 cm³/mol. The molecule has 0 spiro atoms. The van der Waals surface area contributed by atoms with E-state index in [9.17, 15) is 4.79 Å². The number of hydrogen-bond donors (Lipinski definition) is 1. The van der Waals surface area contributed by atoms with Gasteiger partial charge < -0.3 is 5.32 Å². The number of para-hydroxylation sites is 1. The molecule has 0 unspecified atom stereocenters. The quantitative estimate of drug-likeness (QED) is 0.761. The number of benzene rings is 3. The number of rotatable bonds is 5. The largest absolute Gasteiger partial charge is 0.325 e. The van der Waals surface area contributed by atoms with Gasteiger partial charge in [0, 0.05) is 12.2 Å². The average Bonchev–Trinajstić information content (AvgIpc) is 2.61. The van der Waals surface area contributed by atoms with Crippen LogP contribution in [0.25, 0.3) is 10.8 Å². The van der Waals surface area contributed by atoms with Crippen LogP contribution in [0, 0.1) is 0 Å². The highest BCUT2D eigenvalue weighted by Crippen LogP contribution is 2.17. The lowest BCUT2D eigenvalue weighted by Gasteiger charge is -2.24. The molecule has 3 nitrogen and oxygen atoms in total. The number of hydrogen-bond acceptors (Lipinski definition) is 2. The molecule has 1 amide bonds. The molecule has 122 valence electrons. The van der Waals surface area contributed by atoms with E-state index in [-0.39, 0.29) is 11.9 Å². The molecular formula is C21H22N2O. The van der Waals surface area contributed by atoms with Crippen LogP contribution in [-0.2, 0) is 11.3 Å². The van der Waals surface area contributed by atoms with Crippen molar-refractivity contribution in [3.8, 4) is 0 Å². The molecule has 24 heavy (non-hydrogen) atoms. The Morgan fingerprint density at radius 3 is 2.38 bits per heavy atom. The van der Waals surface area contributed by atoms with Gasteiger partial charge in [0.05, 0.1) is 6.04 Å². The predicted octanol–water partition coefficient (Wildman–Crippen LogP) is 4.30. The summed E-state index contributed by atoms with van der Waals surface area (Å²) in [6.45, 7) is 2.66. The molecular weight excluding hydrogens is 296 g/mol. The van der Waals surface area contributed by atoms with Crippen LogP contribution < -0.4 is 5.32 Å². The van der Waals surface area contributed by atoms with Crippen molar-refractivity contribution in [2.24, 2.45) is 0 Å². The minimum Gasteiger partial charge on any atom is -0.325 e. The van der Waals surface area contributed by atoms with Gasteiger partial charge in [-0.05, 0) is 48.5 Å². The molecule has 0 bridgehead atoms. The van der Waals surface area contributed by atoms with Gasteiger partial charge in [-0.3, -0.25) is 9.69 Å². The van der Waals surface area contributed by atoms with E-state index in [0.29, 0.717) is 0 Å². The summed E-state index contributed by atoms with van der Waals surface area (Å²) in [5, 5.41) is 5.42. The first kappa shape index (κ1) is 16.2. The van der Waals surface area contributed by atoms with Gasteiger partial charge in [-0.1, -0.05) is 54.6 Å². The molecule has 3 aromatic carbocycles. The fraction of sp³-hybridized carbons (Fsp3) is 0.190. The highest BCUT2D eigenvalue weighted by molar-refractivity contribution is 5.94. The Bertz CT molecular complexity index is 829. The van der Waals surface area contributed by atoms with E-state index >= 15 is 0 Å². The van der Waals surface area contributed by atoms with Gasteiger partial charge >= 0.3 is 0 Å². The first-order valence-corrected chi connectivity index (χ1v) is 8.17. The van der Waals surface area contributed by atoms with Crippen molar-refractivity contribution in [2.75, 3.05) is 12.4 Å². The normalized spacial score (nSPS) is 12.3. The van der Waals surface area contributed by atoms with Gasteiger partial charge in [-0.25, -0.2) is 0 Å². The maximum Gasteiger partial charge on any atom is 0.241 e. The third kappa shape index (κ3) is 3.81. The number of carbonyl (C=O) groups is 1. The number of nitrogens with zero attached hydrogens (tertiary/aromatic N) is 1. The molecule has 1 atom stereocenters. The van der Waals surface area contributed by atoms with E-state index in [1.165, 1.54) is 16.3 Å². The molecule has 0 aromatic heterocycles. The highest BCUT2D eigenvalue weighted by Gasteiger charge is 2.18. The minimum atomic E-state index is -0.211. The molecule has 0 heterocycles. The molecule has 1 N–H and O–H groups in total. The Kier molecular flexibility index (Phi) is 4.92. The van der Waals surface area contributed by atoms with Crippen molar-refractivity contribution in [2.45, 2.75) is 19.5 Å². The lowest BCUT2D eigenvalue weighted by Crippen LogP contribution is -2.39. The number of likely N-dealkylation sites (N-methyl/N-ethyl adjacent to an activating group) is 1. The van der Waals surface area contributed by atoms with Crippen LogP contribution in [0.4, 0.5) is 5.69 Å². The molecule has 3 heteroatoms. The van der Waals surface area contributed by atoms with Crippen LogP contribution in [0.2, 0.25) is 0 Å². The van der Waals surface area contributed by atoms with Crippen molar-refractivity contribution < 1.29 is 4.79 Å². The van der Waals surface area contributed by atoms with Crippen molar-refractivity contribution in [3.05, 3.63) is 78.4 Å². The fourth-order valence-corrected chi connectivity index (χ4v) is 2.73. The van der Waals surface area contributed by atoms with Crippen molar-refractivity contribution in [3.63, 3.8) is 0 Å². The lowest BCUT2D eigenvalue weighted by molar-refractivity contribution is -0.120. The van der Waals surface area contributed by atoms with Crippen LogP contribution in [-0.4, -0.2) is 23.9 Å². The van der Waals surface area contributed by atoms with Gasteiger partial charge in [0.15, 0.2) is 0 Å². The summed E-state index contributed by atoms with van der Waals surface area (Å²) in [7, 11) is 1.98. The third-order valence-electron chi connectivity index (χ3n) is 4.33. The zero-order valence-electron chi connectivity index (χ0n) is 14.1. The van der Waals surface area contributed by atoms with Gasteiger partial charge in [0.1, 0.15) is 0 Å². The first-order valence-electron chi connectivity index (χ1n) is 8.17. The van der Waals surface area contributed by atoms with Crippen molar-refractivity contribution in [1.82, 2.24) is 4.90 Å². The number of fused-ring (bicyclic) bond motifs is 1. The number of amides is 1.